The number of anilines is 1. The van der Waals surface area contributed by atoms with Gasteiger partial charge in [-0.2, -0.15) is 4.98 Å². The molecule has 0 saturated heterocycles. The van der Waals surface area contributed by atoms with Crippen molar-refractivity contribution in [1.29, 1.82) is 0 Å². The van der Waals surface area contributed by atoms with E-state index in [0.29, 0.717) is 24.6 Å². The summed E-state index contributed by atoms with van der Waals surface area (Å²) < 4.78 is 5.23. The highest BCUT2D eigenvalue weighted by atomic mass is 16.5. The first-order valence-electron chi connectivity index (χ1n) is 7.86. The van der Waals surface area contributed by atoms with E-state index in [0.717, 1.165) is 22.4 Å². The second-order valence-electron chi connectivity index (χ2n) is 5.80. The number of carbonyl (C=O) groups is 1. The van der Waals surface area contributed by atoms with Crippen LogP contribution >= 0.6 is 0 Å². The van der Waals surface area contributed by atoms with Gasteiger partial charge in [0.25, 0.3) is 0 Å². The molecule has 0 bridgehead atoms. The number of aromatic nitrogens is 2. The number of amides is 1. The Labute approximate surface area is 140 Å². The number of carbonyl (C=O) groups excluding carboxylic acids is 1. The molecule has 0 fully saturated rings. The molecule has 0 aliphatic carbocycles. The van der Waals surface area contributed by atoms with E-state index in [9.17, 15) is 4.79 Å². The predicted molar refractivity (Wildman–Crippen MR) is 92.6 cm³/mol. The van der Waals surface area contributed by atoms with Crippen molar-refractivity contribution in [3.8, 4) is 11.4 Å². The summed E-state index contributed by atoms with van der Waals surface area (Å²) >= 11 is 0. The zero-order valence-electron chi connectivity index (χ0n) is 13.7. The van der Waals surface area contributed by atoms with Crippen LogP contribution in [0.25, 0.3) is 11.4 Å². The Morgan fingerprint density at radius 2 is 1.88 bits per heavy atom. The normalized spacial score (nSPS) is 10.6. The third kappa shape index (κ3) is 4.07. The van der Waals surface area contributed by atoms with Gasteiger partial charge in [0.05, 0.1) is 0 Å². The number of rotatable bonds is 5. The lowest BCUT2D eigenvalue weighted by atomic mass is 10.1. The van der Waals surface area contributed by atoms with Gasteiger partial charge in [0.2, 0.25) is 17.6 Å². The third-order valence-corrected chi connectivity index (χ3v) is 3.65. The molecule has 2 aromatic carbocycles. The fraction of sp³-hybridized carbons (Fsp3) is 0.211. The topological polar surface area (TPSA) is 68.0 Å². The van der Waals surface area contributed by atoms with E-state index in [1.165, 1.54) is 0 Å². The number of nitrogens with zero attached hydrogens (tertiary/aromatic N) is 2. The first-order chi connectivity index (χ1) is 11.6. The van der Waals surface area contributed by atoms with Crippen molar-refractivity contribution < 1.29 is 9.32 Å². The molecule has 0 aliphatic rings. The first kappa shape index (κ1) is 15.9. The van der Waals surface area contributed by atoms with Gasteiger partial charge >= 0.3 is 0 Å². The Balaban J connectivity index is 1.57. The molecule has 1 aromatic heterocycles. The molecule has 0 spiro atoms. The molecule has 5 heteroatoms. The summed E-state index contributed by atoms with van der Waals surface area (Å²) in [6.45, 7) is 4.02. The van der Waals surface area contributed by atoms with Gasteiger partial charge in [0.15, 0.2) is 0 Å². The van der Waals surface area contributed by atoms with Gasteiger partial charge in [-0.3, -0.25) is 4.79 Å². The molecule has 1 heterocycles. The minimum atomic E-state index is -0.0749. The maximum atomic E-state index is 12.0. The molecule has 0 unspecified atom stereocenters. The second-order valence-corrected chi connectivity index (χ2v) is 5.80. The zero-order valence-corrected chi connectivity index (χ0v) is 13.7. The summed E-state index contributed by atoms with van der Waals surface area (Å²) in [7, 11) is 0. The fourth-order valence-electron chi connectivity index (χ4n) is 2.34. The standard InChI is InChI=1S/C19H19N3O2/c1-13-6-8-16(9-7-13)20-17(23)10-11-18-21-19(22-24-18)15-5-3-4-14(2)12-15/h3-9,12H,10-11H2,1-2H3,(H,20,23). The highest BCUT2D eigenvalue weighted by Crippen LogP contribution is 2.17. The van der Waals surface area contributed by atoms with E-state index in [2.05, 4.69) is 15.5 Å². The molecule has 0 aliphatic heterocycles. The van der Waals surface area contributed by atoms with Crippen LogP contribution in [-0.2, 0) is 11.2 Å². The van der Waals surface area contributed by atoms with Crippen LogP contribution < -0.4 is 5.32 Å². The molecule has 1 amide bonds. The van der Waals surface area contributed by atoms with Crippen molar-refractivity contribution in [3.05, 3.63) is 65.5 Å². The monoisotopic (exact) mass is 321 g/mol. The van der Waals surface area contributed by atoms with Gasteiger partial charge in [0.1, 0.15) is 0 Å². The van der Waals surface area contributed by atoms with Crippen LogP contribution in [0.1, 0.15) is 23.4 Å². The largest absolute Gasteiger partial charge is 0.339 e. The van der Waals surface area contributed by atoms with Crippen molar-refractivity contribution in [2.75, 3.05) is 5.32 Å². The predicted octanol–water partition coefficient (Wildman–Crippen LogP) is 3.92. The summed E-state index contributed by atoms with van der Waals surface area (Å²) in [5.41, 5.74) is 3.99. The maximum absolute atomic E-state index is 12.0. The molecule has 3 aromatic rings. The molecule has 0 radical (unpaired) electrons. The van der Waals surface area contributed by atoms with Crippen molar-refractivity contribution in [1.82, 2.24) is 10.1 Å². The Morgan fingerprint density at radius 3 is 2.62 bits per heavy atom. The van der Waals surface area contributed by atoms with Crippen molar-refractivity contribution in [2.24, 2.45) is 0 Å². The van der Waals surface area contributed by atoms with Crippen LogP contribution in [0.2, 0.25) is 0 Å². The Kier molecular flexibility index (Phi) is 4.70. The SMILES string of the molecule is Cc1ccc(NC(=O)CCc2nc(-c3cccc(C)c3)no2)cc1. The Hall–Kier alpha value is -2.95. The lowest BCUT2D eigenvalue weighted by Gasteiger charge is -2.04. The Morgan fingerprint density at radius 1 is 1.08 bits per heavy atom. The van der Waals surface area contributed by atoms with E-state index < -0.39 is 0 Å². The molecule has 1 N–H and O–H groups in total. The highest BCUT2D eigenvalue weighted by molar-refractivity contribution is 5.90. The highest BCUT2D eigenvalue weighted by Gasteiger charge is 2.11. The maximum Gasteiger partial charge on any atom is 0.227 e. The van der Waals surface area contributed by atoms with E-state index in [1.807, 2.05) is 62.4 Å². The molecular formula is C19H19N3O2. The van der Waals surface area contributed by atoms with E-state index in [4.69, 9.17) is 4.52 Å². The van der Waals surface area contributed by atoms with Crippen molar-refractivity contribution >= 4 is 11.6 Å². The van der Waals surface area contributed by atoms with Gasteiger partial charge in [-0.25, -0.2) is 0 Å². The minimum Gasteiger partial charge on any atom is -0.339 e. The lowest BCUT2D eigenvalue weighted by molar-refractivity contribution is -0.116. The summed E-state index contributed by atoms with van der Waals surface area (Å²) in [6, 6.07) is 15.6. The number of nitrogens with one attached hydrogen (secondary N) is 1. The molecule has 24 heavy (non-hydrogen) atoms. The summed E-state index contributed by atoms with van der Waals surface area (Å²) in [4.78, 5) is 16.3. The molecule has 0 atom stereocenters. The van der Waals surface area contributed by atoms with Crippen LogP contribution in [0.5, 0.6) is 0 Å². The zero-order chi connectivity index (χ0) is 16.9. The van der Waals surface area contributed by atoms with Crippen LogP contribution in [0.3, 0.4) is 0 Å². The van der Waals surface area contributed by atoms with Gasteiger partial charge < -0.3 is 9.84 Å². The van der Waals surface area contributed by atoms with E-state index >= 15 is 0 Å². The van der Waals surface area contributed by atoms with Crippen LogP contribution in [0, 0.1) is 13.8 Å². The first-order valence-corrected chi connectivity index (χ1v) is 7.86. The van der Waals surface area contributed by atoms with E-state index in [1.54, 1.807) is 0 Å². The molecule has 0 saturated carbocycles. The molecule has 3 rings (SSSR count). The van der Waals surface area contributed by atoms with Crippen molar-refractivity contribution in [3.63, 3.8) is 0 Å². The summed E-state index contributed by atoms with van der Waals surface area (Å²) in [5, 5.41) is 6.84. The van der Waals surface area contributed by atoms with Gasteiger partial charge in [0, 0.05) is 24.1 Å². The molecule has 5 nitrogen and oxygen atoms in total. The van der Waals surface area contributed by atoms with Crippen LogP contribution in [0.15, 0.2) is 53.1 Å². The van der Waals surface area contributed by atoms with E-state index in [-0.39, 0.29) is 5.91 Å². The smallest absolute Gasteiger partial charge is 0.227 e. The lowest BCUT2D eigenvalue weighted by Crippen LogP contribution is -2.12. The quantitative estimate of drug-likeness (QED) is 0.773. The number of aryl methyl sites for hydroxylation is 3. The Bertz CT molecular complexity index is 838. The van der Waals surface area contributed by atoms with Gasteiger partial charge in [-0.1, -0.05) is 46.6 Å². The van der Waals surface area contributed by atoms with Crippen LogP contribution in [-0.4, -0.2) is 16.0 Å². The summed E-state index contributed by atoms with van der Waals surface area (Å²) in [5.74, 6) is 0.937. The third-order valence-electron chi connectivity index (χ3n) is 3.65. The fourth-order valence-corrected chi connectivity index (χ4v) is 2.34. The van der Waals surface area contributed by atoms with Gasteiger partial charge in [-0.15, -0.1) is 0 Å². The minimum absolute atomic E-state index is 0.0749. The number of benzene rings is 2. The molecule has 122 valence electrons. The number of hydrogen-bond acceptors (Lipinski definition) is 4. The second kappa shape index (κ2) is 7.08. The van der Waals surface area contributed by atoms with Crippen LogP contribution in [0.4, 0.5) is 5.69 Å². The average Bonchev–Trinajstić information content (AvgIpc) is 3.04. The molecular weight excluding hydrogens is 302 g/mol. The average molecular weight is 321 g/mol. The summed E-state index contributed by atoms with van der Waals surface area (Å²) in [6.07, 6.45) is 0.708. The van der Waals surface area contributed by atoms with Gasteiger partial charge in [-0.05, 0) is 32.0 Å². The number of hydrogen-bond donors (Lipinski definition) is 1. The van der Waals surface area contributed by atoms with Crippen molar-refractivity contribution in [2.45, 2.75) is 26.7 Å².